The van der Waals surface area contributed by atoms with Crippen LogP contribution in [0.2, 0.25) is 0 Å². The Morgan fingerprint density at radius 3 is 0.937 bits per heavy atom. The maximum atomic E-state index is 3.86. The standard InChI is InChI=1S/C60H117N2.ClH/c1-6-9-12-15-18-21-24-27-30-33-36-39-42-45-48-51-54-57-61-58-59-62(4,5)60(55-52-49-46-43-40-37-34-31-28-25-22-19-16-13-10-7-2)56-53-50-47-44-41-38-35-32-29-26-23-20-17-14-11-8-3;/h19-20,22-23,28-29,31-32,60-61H,6-18,21,24-27,30,33-59H2,1-5H3;1H/q+1;/p-1/b22-19-,23-20-,31-28-,32-29-;. The van der Waals surface area contributed by atoms with Crippen LogP contribution in [0.15, 0.2) is 48.6 Å². The number of hydrogen-bond acceptors (Lipinski definition) is 1. The highest BCUT2D eigenvalue weighted by Crippen LogP contribution is 2.22. The van der Waals surface area contributed by atoms with Crippen molar-refractivity contribution in [2.24, 2.45) is 0 Å². The van der Waals surface area contributed by atoms with Crippen molar-refractivity contribution in [2.45, 2.75) is 303 Å². The van der Waals surface area contributed by atoms with Gasteiger partial charge in [0.15, 0.2) is 0 Å². The Labute approximate surface area is 405 Å². The van der Waals surface area contributed by atoms with Crippen molar-refractivity contribution < 1.29 is 16.9 Å². The fourth-order valence-corrected chi connectivity index (χ4v) is 9.23. The average Bonchev–Trinajstić information content (AvgIpc) is 3.27. The van der Waals surface area contributed by atoms with Crippen LogP contribution in [0.3, 0.4) is 0 Å². The molecule has 0 saturated carbocycles. The number of nitrogens with one attached hydrogen (secondary N) is 1. The lowest BCUT2D eigenvalue weighted by Crippen LogP contribution is -3.00. The predicted molar refractivity (Wildman–Crippen MR) is 286 cm³/mol. The summed E-state index contributed by atoms with van der Waals surface area (Å²) in [5.74, 6) is 0. The van der Waals surface area contributed by atoms with Crippen molar-refractivity contribution in [2.75, 3.05) is 33.7 Å². The van der Waals surface area contributed by atoms with Crippen LogP contribution in [0.5, 0.6) is 0 Å². The van der Waals surface area contributed by atoms with E-state index in [9.17, 15) is 0 Å². The number of halogens is 1. The van der Waals surface area contributed by atoms with Gasteiger partial charge in [0, 0.05) is 6.54 Å². The molecular weight excluding hydrogens is 784 g/mol. The van der Waals surface area contributed by atoms with Gasteiger partial charge in [0.25, 0.3) is 0 Å². The van der Waals surface area contributed by atoms with Gasteiger partial charge >= 0.3 is 0 Å². The molecule has 0 rings (SSSR count). The first kappa shape index (κ1) is 64.3. The first-order valence-electron chi connectivity index (χ1n) is 28.7. The van der Waals surface area contributed by atoms with Gasteiger partial charge < -0.3 is 22.2 Å². The van der Waals surface area contributed by atoms with Gasteiger partial charge in [-0.2, -0.15) is 0 Å². The predicted octanol–water partition coefficient (Wildman–Crippen LogP) is 17.1. The molecular formula is C60H117ClN2. The Kier molecular flexibility index (Phi) is 56.6. The molecule has 0 aliphatic heterocycles. The second kappa shape index (κ2) is 55.5. The van der Waals surface area contributed by atoms with Crippen molar-refractivity contribution in [1.29, 1.82) is 0 Å². The quantitative estimate of drug-likeness (QED) is 0.0364. The number of allylic oxidation sites excluding steroid dienone is 8. The molecule has 0 bridgehead atoms. The molecule has 0 atom stereocenters. The third kappa shape index (κ3) is 52.0. The van der Waals surface area contributed by atoms with Gasteiger partial charge in [-0.3, -0.25) is 0 Å². The largest absolute Gasteiger partial charge is 1.00 e. The second-order valence-electron chi connectivity index (χ2n) is 20.3. The van der Waals surface area contributed by atoms with Gasteiger partial charge in [0.2, 0.25) is 0 Å². The van der Waals surface area contributed by atoms with E-state index in [0.29, 0.717) is 0 Å². The molecule has 0 saturated heterocycles. The molecule has 374 valence electrons. The van der Waals surface area contributed by atoms with E-state index >= 15 is 0 Å². The van der Waals surface area contributed by atoms with Gasteiger partial charge in [-0.15, -0.1) is 0 Å². The molecule has 0 amide bonds. The molecule has 0 fully saturated rings. The van der Waals surface area contributed by atoms with E-state index in [4.69, 9.17) is 0 Å². The third-order valence-corrected chi connectivity index (χ3v) is 13.8. The van der Waals surface area contributed by atoms with Crippen LogP contribution in [0, 0.1) is 0 Å². The first-order valence-corrected chi connectivity index (χ1v) is 28.7. The maximum absolute atomic E-state index is 3.86. The van der Waals surface area contributed by atoms with Crippen LogP contribution in [0.1, 0.15) is 297 Å². The molecule has 63 heavy (non-hydrogen) atoms. The number of unbranched alkanes of at least 4 members (excludes halogenated alkanes) is 34. The lowest BCUT2D eigenvalue weighted by Gasteiger charge is -2.39. The van der Waals surface area contributed by atoms with Gasteiger partial charge in [0.1, 0.15) is 0 Å². The summed E-state index contributed by atoms with van der Waals surface area (Å²) >= 11 is 0. The Balaban J connectivity index is 0. The van der Waals surface area contributed by atoms with Gasteiger partial charge in [0.05, 0.1) is 26.7 Å². The zero-order valence-corrected chi connectivity index (χ0v) is 44.8. The normalized spacial score (nSPS) is 12.4. The van der Waals surface area contributed by atoms with E-state index in [1.807, 2.05) is 0 Å². The number of quaternary nitrogens is 1. The summed E-state index contributed by atoms with van der Waals surface area (Å²) in [5.41, 5.74) is 0. The lowest BCUT2D eigenvalue weighted by molar-refractivity contribution is -0.914. The summed E-state index contributed by atoms with van der Waals surface area (Å²) in [6.45, 7) is 10.5. The molecule has 3 heteroatoms. The summed E-state index contributed by atoms with van der Waals surface area (Å²) in [5, 5.41) is 3.86. The molecule has 0 aliphatic carbocycles. The topological polar surface area (TPSA) is 12.0 Å². The number of nitrogens with zero attached hydrogens (tertiary/aromatic N) is 1. The van der Waals surface area contributed by atoms with E-state index in [0.717, 1.165) is 18.9 Å². The summed E-state index contributed by atoms with van der Waals surface area (Å²) < 4.78 is 1.20. The number of likely N-dealkylation sites (N-methyl/N-ethyl adjacent to an activating group) is 1. The summed E-state index contributed by atoms with van der Waals surface area (Å²) in [7, 11) is 5.10. The van der Waals surface area contributed by atoms with E-state index in [1.165, 1.54) is 287 Å². The van der Waals surface area contributed by atoms with Crippen molar-refractivity contribution in [3.05, 3.63) is 48.6 Å². The molecule has 0 radical (unpaired) electrons. The lowest BCUT2D eigenvalue weighted by atomic mass is 9.97. The van der Waals surface area contributed by atoms with Crippen LogP contribution in [0.25, 0.3) is 0 Å². The molecule has 2 nitrogen and oxygen atoms in total. The number of rotatable bonds is 52. The monoisotopic (exact) mass is 901 g/mol. The SMILES string of the molecule is CCCCC/C=C\C/C=C\CCCCCCCCC(CCCCCCCC/C=C\C/C=C\CCCCC)[N+](C)(C)CCNCCCCCCCCCCCCCCCCCCC.[Cl-]. The minimum absolute atomic E-state index is 0. The first-order chi connectivity index (χ1) is 30.6. The number of hydrogen-bond donors (Lipinski definition) is 1. The smallest absolute Gasteiger partial charge is 0.0911 e. The van der Waals surface area contributed by atoms with E-state index < -0.39 is 0 Å². The van der Waals surface area contributed by atoms with Crippen LogP contribution in [-0.4, -0.2) is 44.3 Å². The van der Waals surface area contributed by atoms with Crippen molar-refractivity contribution in [3.8, 4) is 0 Å². The molecule has 0 heterocycles. The van der Waals surface area contributed by atoms with E-state index in [-0.39, 0.29) is 12.4 Å². The summed E-state index contributed by atoms with van der Waals surface area (Å²) in [6, 6.07) is 0.814. The minimum Gasteiger partial charge on any atom is -1.00 e. The van der Waals surface area contributed by atoms with Gasteiger partial charge in [-0.05, 0) is 103 Å². The van der Waals surface area contributed by atoms with Crippen LogP contribution >= 0.6 is 0 Å². The van der Waals surface area contributed by atoms with Crippen LogP contribution < -0.4 is 17.7 Å². The molecule has 0 aromatic rings. The Morgan fingerprint density at radius 2 is 0.587 bits per heavy atom. The fourth-order valence-electron chi connectivity index (χ4n) is 9.23. The summed E-state index contributed by atoms with van der Waals surface area (Å²) in [4.78, 5) is 0. The zero-order chi connectivity index (χ0) is 45.0. The molecule has 0 aliphatic rings. The molecule has 0 unspecified atom stereocenters. The highest BCUT2D eigenvalue weighted by molar-refractivity contribution is 4.93. The van der Waals surface area contributed by atoms with Crippen molar-refractivity contribution in [3.63, 3.8) is 0 Å². The highest BCUT2D eigenvalue weighted by atomic mass is 35.5. The highest BCUT2D eigenvalue weighted by Gasteiger charge is 2.27. The zero-order valence-electron chi connectivity index (χ0n) is 44.0. The van der Waals surface area contributed by atoms with Crippen LogP contribution in [-0.2, 0) is 0 Å². The molecule has 1 N–H and O–H groups in total. The summed E-state index contributed by atoms with van der Waals surface area (Å²) in [6.07, 6.45) is 78.8. The van der Waals surface area contributed by atoms with Crippen molar-refractivity contribution >= 4 is 0 Å². The van der Waals surface area contributed by atoms with Gasteiger partial charge in [-0.1, -0.05) is 249 Å². The van der Waals surface area contributed by atoms with Gasteiger partial charge in [-0.25, -0.2) is 0 Å². The average molecular weight is 902 g/mol. The maximum Gasteiger partial charge on any atom is 0.0911 e. The van der Waals surface area contributed by atoms with E-state index in [2.05, 4.69) is 88.8 Å². The second-order valence-corrected chi connectivity index (χ2v) is 20.3. The van der Waals surface area contributed by atoms with E-state index in [1.54, 1.807) is 0 Å². The Hall–Kier alpha value is -0.830. The van der Waals surface area contributed by atoms with Crippen molar-refractivity contribution in [1.82, 2.24) is 5.32 Å². The molecule has 0 aromatic carbocycles. The minimum atomic E-state index is 0. The van der Waals surface area contributed by atoms with Crippen LogP contribution in [0.4, 0.5) is 0 Å². The molecule has 0 spiro atoms. The Bertz CT molecular complexity index is 902. The molecule has 0 aromatic heterocycles. The Morgan fingerprint density at radius 1 is 0.317 bits per heavy atom. The fraction of sp³-hybridized carbons (Fsp3) is 0.867. The third-order valence-electron chi connectivity index (χ3n) is 13.8.